The highest BCUT2D eigenvalue weighted by Gasteiger charge is 2.36. The molecule has 1 aromatic heterocycles. The molecule has 1 aliphatic heterocycles. The van der Waals surface area contributed by atoms with Crippen molar-refractivity contribution in [2.75, 3.05) is 11.1 Å². The van der Waals surface area contributed by atoms with Crippen LogP contribution in [-0.4, -0.2) is 39.4 Å². The maximum atomic E-state index is 13.7. The molecule has 2 N–H and O–H groups in total. The zero-order chi connectivity index (χ0) is 25.9. The maximum absolute atomic E-state index is 13.7. The van der Waals surface area contributed by atoms with Crippen LogP contribution in [0.4, 0.5) is 27.1 Å². The highest BCUT2D eigenvalue weighted by molar-refractivity contribution is 7.98. The number of hydrogen-bond acceptors (Lipinski definition) is 7. The molecule has 0 aliphatic carbocycles. The van der Waals surface area contributed by atoms with Crippen LogP contribution in [0.3, 0.4) is 0 Å². The first-order valence-electron chi connectivity index (χ1n) is 11.2. The van der Waals surface area contributed by atoms with E-state index in [1.165, 1.54) is 17.3 Å². The number of nitrogens with one attached hydrogen (secondary N) is 1. The van der Waals surface area contributed by atoms with Gasteiger partial charge in [0.25, 0.3) is 0 Å². The number of thioether (sulfide) groups is 1. The Morgan fingerprint density at radius 2 is 1.89 bits per heavy atom. The van der Waals surface area contributed by atoms with Crippen LogP contribution in [-0.2, 0) is 24.8 Å². The Bertz CT molecular complexity index is 1210. The third-order valence-corrected chi connectivity index (χ3v) is 7.66. The van der Waals surface area contributed by atoms with Gasteiger partial charge < -0.3 is 10.4 Å². The number of fused-ring (bicyclic) bond motifs is 1. The van der Waals surface area contributed by atoms with Crippen molar-refractivity contribution in [2.24, 2.45) is 4.99 Å². The monoisotopic (exact) mass is 542 g/mol. The van der Waals surface area contributed by atoms with Crippen LogP contribution in [0.2, 0.25) is 0 Å². The lowest BCUT2D eigenvalue weighted by atomic mass is 9.98. The van der Waals surface area contributed by atoms with Crippen molar-refractivity contribution in [1.29, 1.82) is 0 Å². The molecule has 3 atom stereocenters. The summed E-state index contributed by atoms with van der Waals surface area (Å²) in [4.78, 5) is 4.59. The number of rotatable bonds is 8. The van der Waals surface area contributed by atoms with Crippen LogP contribution >= 0.6 is 23.1 Å². The van der Waals surface area contributed by atoms with Gasteiger partial charge in [0.15, 0.2) is 0 Å². The summed E-state index contributed by atoms with van der Waals surface area (Å²) in [6, 6.07) is 8.01. The fourth-order valence-corrected chi connectivity index (χ4v) is 5.65. The number of hydrogen-bond donors (Lipinski definition) is 2. The molecule has 4 rings (SSSR count). The number of aromatic nitrogens is 2. The zero-order valence-electron chi connectivity index (χ0n) is 19.1. The second-order valence-corrected chi connectivity index (χ2v) is 10.4. The molecule has 0 radical (unpaired) electrons. The summed E-state index contributed by atoms with van der Waals surface area (Å²) in [6.07, 6.45) is -3.85. The van der Waals surface area contributed by atoms with Crippen molar-refractivity contribution >= 4 is 34.4 Å². The van der Waals surface area contributed by atoms with Gasteiger partial charge in [-0.3, -0.25) is 4.99 Å². The molecule has 3 aromatic rings. The molecule has 12 heteroatoms. The lowest BCUT2D eigenvalue weighted by molar-refractivity contribution is -0.138. The third kappa shape index (κ3) is 6.60. The molecule has 3 unspecified atom stereocenters. The molecule has 1 aliphatic rings. The average molecular weight is 543 g/mol. The lowest BCUT2D eigenvalue weighted by Gasteiger charge is -2.25. The van der Waals surface area contributed by atoms with Crippen molar-refractivity contribution in [3.8, 4) is 0 Å². The van der Waals surface area contributed by atoms with Gasteiger partial charge in [0.05, 0.1) is 12.1 Å². The molecule has 36 heavy (non-hydrogen) atoms. The topological polar surface area (TPSA) is 70.4 Å². The van der Waals surface area contributed by atoms with Crippen LogP contribution in [0.15, 0.2) is 41.4 Å². The van der Waals surface area contributed by atoms with E-state index in [9.17, 15) is 27.1 Å². The molecule has 0 bridgehead atoms. The second-order valence-electron chi connectivity index (χ2n) is 8.35. The van der Waals surface area contributed by atoms with Gasteiger partial charge in [-0.05, 0) is 47.2 Å². The van der Waals surface area contributed by atoms with Gasteiger partial charge in [0, 0.05) is 23.8 Å². The summed E-state index contributed by atoms with van der Waals surface area (Å²) < 4.78 is 66.4. The SMILES string of the molecule is CCc1ccc2c(c1)C(N=CC(O)C(Cc1cc(F)cc(F)c1)Nc1nnc(C(F)(F)F)s1)CSC2. The number of nitrogens with zero attached hydrogens (tertiary/aromatic N) is 3. The van der Waals surface area contributed by atoms with Gasteiger partial charge in [-0.1, -0.05) is 36.5 Å². The minimum Gasteiger partial charge on any atom is -0.385 e. The van der Waals surface area contributed by atoms with Gasteiger partial charge in [0.1, 0.15) is 17.7 Å². The predicted octanol–water partition coefficient (Wildman–Crippen LogP) is 5.84. The quantitative estimate of drug-likeness (QED) is 0.277. The molecule has 2 heterocycles. The van der Waals surface area contributed by atoms with E-state index in [2.05, 4.69) is 45.6 Å². The fraction of sp³-hybridized carbons (Fsp3) is 0.375. The van der Waals surface area contributed by atoms with E-state index < -0.39 is 35.0 Å². The average Bonchev–Trinajstić information content (AvgIpc) is 3.30. The van der Waals surface area contributed by atoms with Crippen molar-refractivity contribution in [2.45, 2.75) is 49.9 Å². The fourth-order valence-electron chi connectivity index (χ4n) is 3.89. The van der Waals surface area contributed by atoms with Gasteiger partial charge in [-0.2, -0.15) is 24.9 Å². The van der Waals surface area contributed by atoms with Crippen LogP contribution in [0.1, 0.15) is 40.2 Å². The summed E-state index contributed by atoms with van der Waals surface area (Å²) >= 11 is 1.99. The number of aliphatic hydroxyl groups excluding tert-OH is 1. The number of alkyl halides is 3. The van der Waals surface area contributed by atoms with Gasteiger partial charge >= 0.3 is 6.18 Å². The van der Waals surface area contributed by atoms with Crippen molar-refractivity contribution in [3.63, 3.8) is 0 Å². The standard InChI is InChI=1S/C24H23F5N4OS2/c1-2-13-3-4-15-11-35-12-20(18(15)7-13)30-10-21(34)19(8-14-5-16(25)9-17(26)6-14)31-23-33-32-22(36-23)24(27,28)29/h3-7,9-10,19-21,34H,2,8,11-12H2,1H3,(H,31,33). The smallest absolute Gasteiger partial charge is 0.385 e. The molecule has 192 valence electrons. The minimum atomic E-state index is -4.66. The first-order chi connectivity index (χ1) is 17.1. The Hall–Kier alpha value is -2.57. The van der Waals surface area contributed by atoms with E-state index in [1.807, 2.05) is 0 Å². The number of aliphatic imine (C=N–C) groups is 1. The largest absolute Gasteiger partial charge is 0.445 e. The first kappa shape index (κ1) is 26.5. The number of halogens is 5. The Kier molecular flexibility index (Phi) is 8.26. The number of aliphatic hydroxyl groups is 1. The maximum Gasteiger partial charge on any atom is 0.445 e. The summed E-state index contributed by atoms with van der Waals surface area (Å²) in [5.74, 6) is -0.0292. The lowest BCUT2D eigenvalue weighted by Crippen LogP contribution is -2.37. The van der Waals surface area contributed by atoms with Gasteiger partial charge in [0.2, 0.25) is 10.1 Å². The Labute approximate surface area is 212 Å². The van der Waals surface area contributed by atoms with E-state index in [0.717, 1.165) is 29.9 Å². The van der Waals surface area contributed by atoms with E-state index in [0.29, 0.717) is 11.8 Å². The molecule has 2 aromatic carbocycles. The van der Waals surface area contributed by atoms with E-state index in [4.69, 9.17) is 0 Å². The van der Waals surface area contributed by atoms with Crippen molar-refractivity contribution < 1.29 is 27.1 Å². The molecule has 0 fully saturated rings. The van der Waals surface area contributed by atoms with Gasteiger partial charge in [-0.25, -0.2) is 8.78 Å². The molecule has 0 saturated carbocycles. The number of anilines is 1. The molecule has 0 saturated heterocycles. The minimum absolute atomic E-state index is 0.0984. The van der Waals surface area contributed by atoms with Crippen LogP contribution in [0.5, 0.6) is 0 Å². The molecule has 5 nitrogen and oxygen atoms in total. The van der Waals surface area contributed by atoms with Crippen LogP contribution < -0.4 is 5.32 Å². The Morgan fingerprint density at radius 3 is 2.56 bits per heavy atom. The normalized spacial score (nSPS) is 17.7. The highest BCUT2D eigenvalue weighted by atomic mass is 32.2. The molecule has 0 spiro atoms. The van der Waals surface area contributed by atoms with Crippen LogP contribution in [0, 0.1) is 11.6 Å². The Morgan fingerprint density at radius 1 is 1.14 bits per heavy atom. The third-order valence-electron chi connectivity index (χ3n) is 5.70. The summed E-state index contributed by atoms with van der Waals surface area (Å²) in [6.45, 7) is 2.06. The zero-order valence-corrected chi connectivity index (χ0v) is 20.7. The van der Waals surface area contributed by atoms with E-state index >= 15 is 0 Å². The first-order valence-corrected chi connectivity index (χ1v) is 13.1. The summed E-state index contributed by atoms with van der Waals surface area (Å²) in [5, 5.41) is 19.0. The summed E-state index contributed by atoms with van der Waals surface area (Å²) in [7, 11) is 0. The van der Waals surface area contributed by atoms with E-state index in [1.54, 1.807) is 11.8 Å². The Balaban J connectivity index is 1.58. The van der Waals surface area contributed by atoms with Crippen molar-refractivity contribution in [1.82, 2.24) is 10.2 Å². The molecular weight excluding hydrogens is 519 g/mol. The van der Waals surface area contributed by atoms with Crippen molar-refractivity contribution in [3.05, 3.63) is 75.3 Å². The summed E-state index contributed by atoms with van der Waals surface area (Å²) in [5.41, 5.74) is 3.63. The van der Waals surface area contributed by atoms with E-state index in [-0.39, 0.29) is 34.5 Å². The van der Waals surface area contributed by atoms with Gasteiger partial charge in [-0.15, -0.1) is 10.2 Å². The molecule has 0 amide bonds. The highest BCUT2D eigenvalue weighted by Crippen LogP contribution is 2.35. The van der Waals surface area contributed by atoms with Crippen LogP contribution in [0.25, 0.3) is 0 Å². The number of benzene rings is 2. The predicted molar refractivity (Wildman–Crippen MR) is 132 cm³/mol. The molecular formula is C24H23F5N4OS2. The number of aryl methyl sites for hydroxylation is 1. The second kappa shape index (κ2) is 11.2.